The second-order valence-electron chi connectivity index (χ2n) is 6.05. The Kier molecular flexibility index (Phi) is 3.21. The highest BCUT2D eigenvalue weighted by Gasteiger charge is 2.44. The van der Waals surface area contributed by atoms with Crippen molar-refractivity contribution in [3.63, 3.8) is 0 Å². The fourth-order valence-electron chi connectivity index (χ4n) is 3.04. The van der Waals surface area contributed by atoms with Crippen LogP contribution < -0.4 is 4.90 Å². The average molecular weight is 259 g/mol. The first-order valence-corrected chi connectivity index (χ1v) is 7.23. The maximum atomic E-state index is 10.9. The second-order valence-corrected chi connectivity index (χ2v) is 6.05. The van der Waals surface area contributed by atoms with Crippen molar-refractivity contribution in [2.24, 2.45) is 11.8 Å². The van der Waals surface area contributed by atoms with Crippen molar-refractivity contribution in [2.45, 2.75) is 32.1 Å². The number of aliphatic carboxylic acids is 1. The molecular formula is C16H21NO2. The monoisotopic (exact) mass is 259 g/mol. The molecule has 1 N–H and O–H groups in total. The molecule has 3 nitrogen and oxygen atoms in total. The van der Waals surface area contributed by atoms with E-state index in [1.165, 1.54) is 24.1 Å². The lowest BCUT2D eigenvalue weighted by molar-refractivity contribution is -0.138. The van der Waals surface area contributed by atoms with Crippen molar-refractivity contribution < 1.29 is 9.90 Å². The van der Waals surface area contributed by atoms with Crippen LogP contribution in [0.25, 0.3) is 0 Å². The van der Waals surface area contributed by atoms with Gasteiger partial charge in [-0.15, -0.1) is 0 Å². The van der Waals surface area contributed by atoms with E-state index in [0.29, 0.717) is 0 Å². The highest BCUT2D eigenvalue weighted by molar-refractivity contribution is 5.75. The van der Waals surface area contributed by atoms with Gasteiger partial charge in [0.05, 0.1) is 5.92 Å². The predicted molar refractivity (Wildman–Crippen MR) is 75.5 cm³/mol. The Hall–Kier alpha value is -1.51. The van der Waals surface area contributed by atoms with Gasteiger partial charge in [-0.2, -0.15) is 0 Å². The van der Waals surface area contributed by atoms with E-state index in [0.717, 1.165) is 25.4 Å². The van der Waals surface area contributed by atoms with Gasteiger partial charge in [-0.05, 0) is 48.8 Å². The molecule has 3 heteroatoms. The summed E-state index contributed by atoms with van der Waals surface area (Å²) < 4.78 is 0. The summed E-state index contributed by atoms with van der Waals surface area (Å²) in [5, 5.41) is 8.96. The van der Waals surface area contributed by atoms with Crippen LogP contribution in [-0.4, -0.2) is 24.2 Å². The molecule has 0 bridgehead atoms. The third-order valence-corrected chi connectivity index (χ3v) is 4.58. The van der Waals surface area contributed by atoms with Gasteiger partial charge >= 0.3 is 5.97 Å². The molecule has 2 atom stereocenters. The molecule has 0 radical (unpaired) electrons. The van der Waals surface area contributed by atoms with Crippen LogP contribution in [0.15, 0.2) is 24.3 Å². The summed E-state index contributed by atoms with van der Waals surface area (Å²) in [5.74, 6) is 0.284. The molecule has 1 aromatic carbocycles. The Morgan fingerprint density at radius 2 is 1.84 bits per heavy atom. The molecule has 2 fully saturated rings. The molecule has 0 aromatic heterocycles. The molecule has 1 aliphatic carbocycles. The van der Waals surface area contributed by atoms with E-state index in [2.05, 4.69) is 36.1 Å². The molecular weight excluding hydrogens is 238 g/mol. The maximum absolute atomic E-state index is 10.9. The second kappa shape index (κ2) is 4.87. The van der Waals surface area contributed by atoms with Gasteiger partial charge < -0.3 is 10.0 Å². The topological polar surface area (TPSA) is 40.5 Å². The molecule has 3 rings (SSSR count). The summed E-state index contributed by atoms with van der Waals surface area (Å²) in [7, 11) is 0. The zero-order chi connectivity index (χ0) is 13.4. The lowest BCUT2D eigenvalue weighted by Crippen LogP contribution is -2.32. The van der Waals surface area contributed by atoms with E-state index in [4.69, 9.17) is 5.11 Å². The predicted octanol–water partition coefficient (Wildman–Crippen LogP) is 3.11. The third kappa shape index (κ3) is 2.60. The van der Waals surface area contributed by atoms with E-state index >= 15 is 0 Å². The SMILES string of the molecule is CC1CCN(c2ccc(C3CC3C(=O)O)cc2)CC1. The molecule has 1 saturated carbocycles. The van der Waals surface area contributed by atoms with Crippen LogP contribution in [0.4, 0.5) is 5.69 Å². The molecule has 102 valence electrons. The summed E-state index contributed by atoms with van der Waals surface area (Å²) in [6.45, 7) is 4.60. The number of hydrogen-bond acceptors (Lipinski definition) is 2. The van der Waals surface area contributed by atoms with Crippen LogP contribution in [0.3, 0.4) is 0 Å². The standard InChI is InChI=1S/C16H21NO2/c1-11-6-8-17(9-7-11)13-4-2-12(3-5-13)14-10-15(14)16(18)19/h2-5,11,14-15H,6-10H2,1H3,(H,18,19). The Bertz CT molecular complexity index is 460. The molecule has 19 heavy (non-hydrogen) atoms. The summed E-state index contributed by atoms with van der Waals surface area (Å²) in [4.78, 5) is 13.3. The average Bonchev–Trinajstić information content (AvgIpc) is 3.20. The van der Waals surface area contributed by atoms with Gasteiger partial charge in [0.1, 0.15) is 0 Å². The molecule has 1 aliphatic heterocycles. The van der Waals surface area contributed by atoms with E-state index < -0.39 is 5.97 Å². The first-order chi connectivity index (χ1) is 9.15. The van der Waals surface area contributed by atoms with E-state index in [-0.39, 0.29) is 11.8 Å². The summed E-state index contributed by atoms with van der Waals surface area (Å²) in [6.07, 6.45) is 3.34. The zero-order valence-electron chi connectivity index (χ0n) is 11.4. The van der Waals surface area contributed by atoms with Gasteiger partial charge in [0.25, 0.3) is 0 Å². The molecule has 2 unspecified atom stereocenters. The number of carboxylic acids is 1. The lowest BCUT2D eigenvalue weighted by atomic mass is 9.98. The molecule has 1 saturated heterocycles. The fourth-order valence-corrected chi connectivity index (χ4v) is 3.04. The van der Waals surface area contributed by atoms with Crippen molar-refractivity contribution in [1.82, 2.24) is 0 Å². The van der Waals surface area contributed by atoms with Gasteiger partial charge in [0.15, 0.2) is 0 Å². The highest BCUT2D eigenvalue weighted by Crippen LogP contribution is 2.47. The summed E-state index contributed by atoms with van der Waals surface area (Å²) in [5.41, 5.74) is 2.46. The maximum Gasteiger partial charge on any atom is 0.307 e. The van der Waals surface area contributed by atoms with Gasteiger partial charge in [-0.25, -0.2) is 0 Å². The van der Waals surface area contributed by atoms with Crippen LogP contribution in [0.5, 0.6) is 0 Å². The largest absolute Gasteiger partial charge is 0.481 e. The molecule has 0 amide bonds. The number of carbonyl (C=O) groups is 1. The minimum Gasteiger partial charge on any atom is -0.481 e. The third-order valence-electron chi connectivity index (χ3n) is 4.58. The Labute approximate surface area is 114 Å². The van der Waals surface area contributed by atoms with Crippen molar-refractivity contribution in [3.05, 3.63) is 29.8 Å². The number of anilines is 1. The quantitative estimate of drug-likeness (QED) is 0.906. The molecule has 1 heterocycles. The first-order valence-electron chi connectivity index (χ1n) is 7.23. The number of rotatable bonds is 3. The number of hydrogen-bond donors (Lipinski definition) is 1. The van der Waals surface area contributed by atoms with Crippen molar-refractivity contribution in [3.8, 4) is 0 Å². The van der Waals surface area contributed by atoms with Gasteiger partial charge in [0, 0.05) is 18.8 Å². The normalized spacial score (nSPS) is 27.3. The van der Waals surface area contributed by atoms with Crippen LogP contribution in [0, 0.1) is 11.8 Å². The zero-order valence-corrected chi connectivity index (χ0v) is 11.4. The lowest BCUT2D eigenvalue weighted by Gasteiger charge is -2.32. The summed E-state index contributed by atoms with van der Waals surface area (Å²) >= 11 is 0. The molecule has 2 aliphatic rings. The minimum absolute atomic E-state index is 0.151. The number of carboxylic acid groups (broad SMARTS) is 1. The van der Waals surface area contributed by atoms with Crippen molar-refractivity contribution in [2.75, 3.05) is 18.0 Å². The smallest absolute Gasteiger partial charge is 0.307 e. The van der Waals surface area contributed by atoms with Crippen LogP contribution in [0.2, 0.25) is 0 Å². The number of nitrogens with zero attached hydrogens (tertiary/aromatic N) is 1. The Balaban J connectivity index is 1.65. The van der Waals surface area contributed by atoms with E-state index in [9.17, 15) is 4.79 Å². The van der Waals surface area contributed by atoms with Gasteiger partial charge in [-0.1, -0.05) is 19.1 Å². The van der Waals surface area contributed by atoms with Crippen LogP contribution >= 0.6 is 0 Å². The Morgan fingerprint density at radius 1 is 1.21 bits per heavy atom. The van der Waals surface area contributed by atoms with E-state index in [1.54, 1.807) is 0 Å². The van der Waals surface area contributed by atoms with Crippen LogP contribution in [-0.2, 0) is 4.79 Å². The Morgan fingerprint density at radius 3 is 2.37 bits per heavy atom. The van der Waals surface area contributed by atoms with Crippen LogP contribution in [0.1, 0.15) is 37.7 Å². The van der Waals surface area contributed by atoms with Crippen molar-refractivity contribution in [1.29, 1.82) is 0 Å². The van der Waals surface area contributed by atoms with Gasteiger partial charge in [-0.3, -0.25) is 4.79 Å². The number of benzene rings is 1. The van der Waals surface area contributed by atoms with Gasteiger partial charge in [0.2, 0.25) is 0 Å². The van der Waals surface area contributed by atoms with Crippen molar-refractivity contribution >= 4 is 11.7 Å². The molecule has 1 aromatic rings. The summed E-state index contributed by atoms with van der Waals surface area (Å²) in [6, 6.07) is 8.53. The fraction of sp³-hybridized carbons (Fsp3) is 0.562. The first kappa shape index (κ1) is 12.5. The molecule has 0 spiro atoms. The van der Waals surface area contributed by atoms with E-state index in [1.807, 2.05) is 0 Å². The highest BCUT2D eigenvalue weighted by atomic mass is 16.4. The minimum atomic E-state index is -0.654. The number of piperidine rings is 1.